The lowest BCUT2D eigenvalue weighted by molar-refractivity contribution is 0.0913. The smallest absolute Gasteiger partial charge is 0.197 e. The monoisotopic (exact) mass is 430 g/mol. The predicted molar refractivity (Wildman–Crippen MR) is 112 cm³/mol. The minimum Gasteiger partial charge on any atom is -0.507 e. The summed E-state index contributed by atoms with van der Waals surface area (Å²) in [5, 5.41) is 10.5. The van der Waals surface area contributed by atoms with Gasteiger partial charge in [0.2, 0.25) is 0 Å². The maximum Gasteiger partial charge on any atom is 0.197 e. The number of ether oxygens (including phenoxy) is 1. The van der Waals surface area contributed by atoms with E-state index < -0.39 is 5.60 Å². The summed E-state index contributed by atoms with van der Waals surface area (Å²) >= 11 is 3.64. The highest BCUT2D eigenvalue weighted by atomic mass is 79.9. The zero-order valence-electron chi connectivity index (χ0n) is 15.9. The van der Waals surface area contributed by atoms with Gasteiger partial charge in [0.05, 0.1) is 0 Å². The Hall–Kier alpha value is -2.27. The van der Waals surface area contributed by atoms with E-state index in [9.17, 15) is 9.90 Å². The SMILES string of the molecule is CC(C)(Br)CC(C)(C)Oc1cc(O)c2c(=O)cc(-c3ccccc3)oc2c1. The highest BCUT2D eigenvalue weighted by Gasteiger charge is 2.29. The normalized spacial score (nSPS) is 12.3. The summed E-state index contributed by atoms with van der Waals surface area (Å²) in [6, 6.07) is 13.9. The van der Waals surface area contributed by atoms with Crippen LogP contribution in [-0.4, -0.2) is 15.0 Å². The third-order valence-electron chi connectivity index (χ3n) is 4.08. The van der Waals surface area contributed by atoms with Crippen LogP contribution in [0.2, 0.25) is 0 Å². The Morgan fingerprint density at radius 1 is 1.07 bits per heavy atom. The lowest BCUT2D eigenvalue weighted by Gasteiger charge is -2.32. The van der Waals surface area contributed by atoms with Crippen LogP contribution in [0.4, 0.5) is 0 Å². The molecule has 0 amide bonds. The molecule has 0 bridgehead atoms. The highest BCUT2D eigenvalue weighted by molar-refractivity contribution is 9.10. The number of alkyl halides is 1. The van der Waals surface area contributed by atoms with Crippen LogP contribution in [0.1, 0.15) is 34.1 Å². The summed E-state index contributed by atoms with van der Waals surface area (Å²) in [5.41, 5.74) is 0.318. The first-order valence-corrected chi connectivity index (χ1v) is 9.58. The number of aromatic hydroxyl groups is 1. The third-order valence-corrected chi connectivity index (χ3v) is 4.36. The summed E-state index contributed by atoms with van der Waals surface area (Å²) in [6.07, 6.45) is 0.743. The zero-order chi connectivity index (χ0) is 19.8. The number of rotatable bonds is 5. The van der Waals surface area contributed by atoms with Crippen molar-refractivity contribution in [2.75, 3.05) is 0 Å². The molecule has 0 saturated carbocycles. The molecule has 0 radical (unpaired) electrons. The van der Waals surface area contributed by atoms with Crippen molar-refractivity contribution in [1.82, 2.24) is 0 Å². The lowest BCUT2D eigenvalue weighted by atomic mass is 9.96. The molecule has 3 aromatic rings. The minimum atomic E-state index is -0.482. The van der Waals surface area contributed by atoms with Crippen molar-refractivity contribution in [3.05, 3.63) is 58.8 Å². The summed E-state index contributed by atoms with van der Waals surface area (Å²) in [6.45, 7) is 8.10. The van der Waals surface area contributed by atoms with Crippen LogP contribution in [0.25, 0.3) is 22.3 Å². The van der Waals surface area contributed by atoms with Crippen molar-refractivity contribution in [2.24, 2.45) is 0 Å². The molecular weight excluding hydrogens is 408 g/mol. The Kier molecular flexibility index (Phi) is 5.08. The first kappa shape index (κ1) is 19.5. The second kappa shape index (κ2) is 7.04. The average molecular weight is 431 g/mol. The number of hydrogen-bond donors (Lipinski definition) is 1. The fourth-order valence-corrected chi connectivity index (χ4v) is 4.09. The first-order valence-electron chi connectivity index (χ1n) is 8.78. The van der Waals surface area contributed by atoms with E-state index in [0.717, 1.165) is 12.0 Å². The number of phenolic OH excluding ortho intramolecular Hbond substituents is 1. The maximum absolute atomic E-state index is 12.5. The second-order valence-corrected chi connectivity index (χ2v) is 10.1. The molecule has 2 aromatic carbocycles. The van der Waals surface area contributed by atoms with E-state index in [4.69, 9.17) is 9.15 Å². The standard InChI is InChI=1S/C22H23BrO4/c1-21(2,23)13-22(3,4)27-15-10-16(24)20-17(25)12-18(26-19(20)11-15)14-8-6-5-7-9-14/h5-12,24H,13H2,1-4H3. The van der Waals surface area contributed by atoms with Crippen LogP contribution in [-0.2, 0) is 0 Å². The molecule has 0 atom stereocenters. The van der Waals surface area contributed by atoms with E-state index in [0.29, 0.717) is 17.1 Å². The van der Waals surface area contributed by atoms with Gasteiger partial charge < -0.3 is 14.3 Å². The Balaban J connectivity index is 2.06. The van der Waals surface area contributed by atoms with Crippen molar-refractivity contribution in [1.29, 1.82) is 0 Å². The van der Waals surface area contributed by atoms with Gasteiger partial charge in [0.1, 0.15) is 33.8 Å². The Morgan fingerprint density at radius 3 is 2.37 bits per heavy atom. The fraction of sp³-hybridized carbons (Fsp3) is 0.318. The van der Waals surface area contributed by atoms with E-state index in [1.807, 2.05) is 44.2 Å². The largest absolute Gasteiger partial charge is 0.507 e. The molecule has 27 heavy (non-hydrogen) atoms. The van der Waals surface area contributed by atoms with Crippen LogP contribution in [0.5, 0.6) is 11.5 Å². The highest BCUT2D eigenvalue weighted by Crippen LogP contribution is 2.35. The Morgan fingerprint density at radius 2 is 1.74 bits per heavy atom. The van der Waals surface area contributed by atoms with Crippen molar-refractivity contribution in [2.45, 2.75) is 44.0 Å². The molecule has 1 N–H and O–H groups in total. The van der Waals surface area contributed by atoms with E-state index in [-0.39, 0.29) is 20.9 Å². The molecule has 5 heteroatoms. The van der Waals surface area contributed by atoms with E-state index in [2.05, 4.69) is 29.8 Å². The molecule has 0 unspecified atom stereocenters. The Labute approximate surface area is 166 Å². The second-order valence-electron chi connectivity index (χ2n) is 7.91. The van der Waals surface area contributed by atoms with Gasteiger partial charge in [0.15, 0.2) is 5.43 Å². The van der Waals surface area contributed by atoms with E-state index in [1.54, 1.807) is 6.07 Å². The number of hydrogen-bond acceptors (Lipinski definition) is 4. The number of fused-ring (bicyclic) bond motifs is 1. The van der Waals surface area contributed by atoms with Crippen molar-refractivity contribution >= 4 is 26.9 Å². The molecule has 142 valence electrons. The van der Waals surface area contributed by atoms with Gasteiger partial charge in [-0.05, 0) is 27.7 Å². The van der Waals surface area contributed by atoms with Crippen LogP contribution < -0.4 is 10.2 Å². The van der Waals surface area contributed by atoms with Crippen molar-refractivity contribution in [3.63, 3.8) is 0 Å². The van der Waals surface area contributed by atoms with Crippen molar-refractivity contribution < 1.29 is 14.3 Å². The van der Waals surface area contributed by atoms with Gasteiger partial charge in [-0.15, -0.1) is 0 Å². The molecule has 3 rings (SSSR count). The van der Waals surface area contributed by atoms with Crippen LogP contribution >= 0.6 is 15.9 Å². The molecule has 4 nitrogen and oxygen atoms in total. The van der Waals surface area contributed by atoms with Gasteiger partial charge in [0.25, 0.3) is 0 Å². The third kappa shape index (κ3) is 4.72. The first-order chi connectivity index (χ1) is 12.5. The van der Waals surface area contributed by atoms with Gasteiger partial charge in [-0.25, -0.2) is 0 Å². The minimum absolute atomic E-state index is 0.0948. The van der Waals surface area contributed by atoms with E-state index >= 15 is 0 Å². The molecule has 1 heterocycles. The van der Waals surface area contributed by atoms with Gasteiger partial charge in [-0.3, -0.25) is 4.79 Å². The molecule has 1 aromatic heterocycles. The molecule has 0 spiro atoms. The summed E-state index contributed by atoms with van der Waals surface area (Å²) in [5.74, 6) is 0.755. The average Bonchev–Trinajstić information content (AvgIpc) is 2.51. The van der Waals surface area contributed by atoms with Crippen molar-refractivity contribution in [3.8, 4) is 22.8 Å². The van der Waals surface area contributed by atoms with Gasteiger partial charge in [-0.2, -0.15) is 0 Å². The predicted octanol–water partition coefficient (Wildman–Crippen LogP) is 5.89. The van der Waals surface area contributed by atoms with Gasteiger partial charge in [-0.1, -0.05) is 46.3 Å². The Bertz CT molecular complexity index is 1010. The molecule has 0 fully saturated rings. The maximum atomic E-state index is 12.5. The number of phenols is 1. The topological polar surface area (TPSA) is 59.7 Å². The number of halogens is 1. The van der Waals surface area contributed by atoms with Crippen LogP contribution in [0.15, 0.2) is 57.7 Å². The van der Waals surface area contributed by atoms with Crippen LogP contribution in [0, 0.1) is 0 Å². The number of benzene rings is 2. The molecule has 0 aliphatic carbocycles. The fourth-order valence-electron chi connectivity index (χ4n) is 3.41. The van der Waals surface area contributed by atoms with Crippen LogP contribution in [0.3, 0.4) is 0 Å². The quantitative estimate of drug-likeness (QED) is 0.512. The van der Waals surface area contributed by atoms with Gasteiger partial charge in [0, 0.05) is 34.5 Å². The lowest BCUT2D eigenvalue weighted by Crippen LogP contribution is -2.34. The molecular formula is C22H23BrO4. The van der Waals surface area contributed by atoms with Gasteiger partial charge >= 0.3 is 0 Å². The summed E-state index contributed by atoms with van der Waals surface area (Å²) in [7, 11) is 0. The molecule has 0 saturated heterocycles. The summed E-state index contributed by atoms with van der Waals surface area (Å²) in [4.78, 5) is 12.5. The molecule has 0 aliphatic rings. The molecule has 0 aliphatic heterocycles. The zero-order valence-corrected chi connectivity index (χ0v) is 17.5. The summed E-state index contributed by atoms with van der Waals surface area (Å²) < 4.78 is 11.9. The van der Waals surface area contributed by atoms with E-state index in [1.165, 1.54) is 12.1 Å².